The zero-order valence-corrected chi connectivity index (χ0v) is 26.7. The molecule has 0 spiro atoms. The fourth-order valence-corrected chi connectivity index (χ4v) is 4.51. The molecular formula is C30H44NO9P. The Morgan fingerprint density at radius 3 is 1.83 bits per heavy atom. The van der Waals surface area contributed by atoms with Crippen molar-refractivity contribution in [3.8, 4) is 11.5 Å². The monoisotopic (exact) mass is 593 g/mol. The maximum absolute atomic E-state index is 13.5. The number of carbonyl (C=O) groups excluding carboxylic acids is 2. The van der Waals surface area contributed by atoms with Crippen LogP contribution in [0.3, 0.4) is 0 Å². The molecule has 2 aromatic rings. The van der Waals surface area contributed by atoms with Crippen LogP contribution in [0, 0.1) is 24.7 Å². The highest BCUT2D eigenvalue weighted by molar-refractivity contribution is 7.53. The molecule has 0 saturated heterocycles. The van der Waals surface area contributed by atoms with Crippen LogP contribution in [0.1, 0.15) is 89.4 Å². The Bertz CT molecular complexity index is 1220. The second kappa shape index (κ2) is 13.8. The lowest BCUT2D eigenvalue weighted by Crippen LogP contribution is -2.25. The van der Waals surface area contributed by atoms with Crippen LogP contribution >= 0.6 is 7.60 Å². The number of carbonyl (C=O) groups is 2. The fraction of sp³-hybridized carbons (Fsp3) is 0.567. The maximum Gasteiger partial charge on any atom is 0.373 e. The predicted molar refractivity (Wildman–Crippen MR) is 155 cm³/mol. The van der Waals surface area contributed by atoms with Crippen molar-refractivity contribution in [3.63, 3.8) is 0 Å². The quantitative estimate of drug-likeness (QED) is 0.160. The van der Waals surface area contributed by atoms with Gasteiger partial charge in [-0.3, -0.25) is 28.2 Å². The fourth-order valence-electron chi connectivity index (χ4n) is 3.55. The van der Waals surface area contributed by atoms with Crippen molar-refractivity contribution >= 4 is 19.5 Å². The summed E-state index contributed by atoms with van der Waals surface area (Å²) in [4.78, 5) is 28.8. The Morgan fingerprint density at radius 1 is 0.902 bits per heavy atom. The molecule has 11 heteroatoms. The molecule has 0 unspecified atom stereocenters. The first-order chi connectivity index (χ1) is 18.8. The lowest BCUT2D eigenvalue weighted by atomic mass is 9.97. The molecule has 0 amide bonds. The third-order valence-corrected chi connectivity index (χ3v) is 7.47. The van der Waals surface area contributed by atoms with Crippen molar-refractivity contribution in [2.45, 2.75) is 81.6 Å². The molecule has 0 radical (unpaired) electrons. The van der Waals surface area contributed by atoms with Gasteiger partial charge in [-0.05, 0) is 102 Å². The van der Waals surface area contributed by atoms with E-state index in [4.69, 9.17) is 23.3 Å². The van der Waals surface area contributed by atoms with Crippen LogP contribution in [0.2, 0.25) is 0 Å². The van der Waals surface area contributed by atoms with Gasteiger partial charge in [0.05, 0.1) is 16.5 Å². The van der Waals surface area contributed by atoms with E-state index < -0.39 is 50.3 Å². The van der Waals surface area contributed by atoms with E-state index in [1.165, 1.54) is 0 Å². The van der Waals surface area contributed by atoms with Gasteiger partial charge >= 0.3 is 19.5 Å². The number of aromatic hydroxyl groups is 1. The summed E-state index contributed by atoms with van der Waals surface area (Å²) in [6.45, 7) is 16.6. The van der Waals surface area contributed by atoms with Crippen LogP contribution < -0.4 is 4.74 Å². The molecule has 2 rings (SSSR count). The van der Waals surface area contributed by atoms with Gasteiger partial charge in [0.15, 0.2) is 6.35 Å². The number of rotatable bonds is 12. The Morgan fingerprint density at radius 2 is 1.39 bits per heavy atom. The molecular weight excluding hydrogens is 549 g/mol. The highest BCUT2D eigenvalue weighted by Crippen LogP contribution is 2.48. The van der Waals surface area contributed by atoms with E-state index >= 15 is 0 Å². The van der Waals surface area contributed by atoms with Crippen molar-refractivity contribution < 1.29 is 42.5 Å². The van der Waals surface area contributed by atoms with E-state index in [0.29, 0.717) is 17.9 Å². The number of benzene rings is 1. The van der Waals surface area contributed by atoms with E-state index in [1.807, 2.05) is 27.7 Å². The molecule has 0 saturated carbocycles. The molecule has 10 nitrogen and oxygen atoms in total. The Hall–Kier alpha value is -2.94. The zero-order chi connectivity index (χ0) is 31.2. The van der Waals surface area contributed by atoms with E-state index in [2.05, 4.69) is 4.98 Å². The maximum atomic E-state index is 13.5. The van der Waals surface area contributed by atoms with Gasteiger partial charge in [0.2, 0.25) is 13.6 Å². The summed E-state index contributed by atoms with van der Waals surface area (Å²) in [5, 5.41) is 10.1. The van der Waals surface area contributed by atoms with Gasteiger partial charge in [-0.15, -0.1) is 0 Å². The van der Waals surface area contributed by atoms with Crippen molar-refractivity contribution in [3.05, 3.63) is 52.3 Å². The molecule has 0 fully saturated rings. The molecule has 0 atom stereocenters. The van der Waals surface area contributed by atoms with E-state index in [1.54, 1.807) is 65.8 Å². The number of aryl methyl sites for hydroxylation is 2. The molecule has 0 aliphatic carbocycles. The molecule has 0 aliphatic heterocycles. The van der Waals surface area contributed by atoms with E-state index in [9.17, 15) is 19.3 Å². The number of esters is 2. The Labute approximate surface area is 243 Å². The smallest absolute Gasteiger partial charge is 0.373 e. The highest BCUT2D eigenvalue weighted by atomic mass is 31.2. The summed E-state index contributed by atoms with van der Waals surface area (Å²) in [6.07, 6.45) is 0.0452. The number of aromatic nitrogens is 1. The summed E-state index contributed by atoms with van der Waals surface area (Å²) in [5.41, 5.74) is 2.81. The third-order valence-electron chi connectivity index (χ3n) is 6.03. The van der Waals surface area contributed by atoms with Crippen molar-refractivity contribution in [1.29, 1.82) is 0 Å². The number of pyridine rings is 1. The topological polar surface area (TPSA) is 130 Å². The van der Waals surface area contributed by atoms with Gasteiger partial charge < -0.3 is 19.3 Å². The van der Waals surface area contributed by atoms with Crippen LogP contribution in [-0.2, 0) is 39.1 Å². The minimum Gasteiger partial charge on any atom is -0.506 e. The van der Waals surface area contributed by atoms with Gasteiger partial charge in [0.25, 0.3) is 0 Å². The molecule has 41 heavy (non-hydrogen) atoms. The largest absolute Gasteiger partial charge is 0.506 e. The summed E-state index contributed by atoms with van der Waals surface area (Å²) in [5.74, 6) is -0.404. The molecule has 1 aromatic carbocycles. The average molecular weight is 594 g/mol. The predicted octanol–water partition coefficient (Wildman–Crippen LogP) is 6.77. The first-order valence-electron chi connectivity index (χ1n) is 13.5. The molecule has 0 aliphatic rings. The standard InChI is InChI=1S/C30H44NO9P/c1-19(2)26-25(32)12-11-22(31-26)15-24-20(3)13-23(14-21(24)4)38-18-41(35,39-16-36-27(33)29(5,6)7)40-17-37-28(34)30(8,9)10/h11-14,19,32H,15-18H2,1-10H3. The van der Waals surface area contributed by atoms with Gasteiger partial charge in [-0.2, -0.15) is 0 Å². The zero-order valence-electron chi connectivity index (χ0n) is 25.8. The Balaban J connectivity index is 2.17. The summed E-state index contributed by atoms with van der Waals surface area (Å²) < 4.78 is 40.1. The van der Waals surface area contributed by atoms with Gasteiger partial charge in [-0.25, -0.2) is 0 Å². The molecule has 0 bridgehead atoms. The van der Waals surface area contributed by atoms with Crippen LogP contribution in [-0.4, -0.2) is 42.0 Å². The van der Waals surface area contributed by atoms with Gasteiger partial charge in [0.1, 0.15) is 11.5 Å². The van der Waals surface area contributed by atoms with Crippen LogP contribution in [0.25, 0.3) is 0 Å². The van der Waals surface area contributed by atoms with Gasteiger partial charge in [0, 0.05) is 12.1 Å². The molecule has 1 aromatic heterocycles. The number of hydrogen-bond acceptors (Lipinski definition) is 10. The van der Waals surface area contributed by atoms with E-state index in [-0.39, 0.29) is 11.7 Å². The first-order valence-corrected chi connectivity index (χ1v) is 15.2. The number of ether oxygens (including phenoxy) is 3. The van der Waals surface area contributed by atoms with Gasteiger partial charge in [-0.1, -0.05) is 13.8 Å². The minimum atomic E-state index is -4.03. The van der Waals surface area contributed by atoms with Crippen LogP contribution in [0.5, 0.6) is 11.5 Å². The minimum absolute atomic E-state index is 0.0852. The normalized spacial score (nSPS) is 12.4. The summed E-state index contributed by atoms with van der Waals surface area (Å²) in [7, 11) is -4.03. The van der Waals surface area contributed by atoms with Crippen molar-refractivity contribution in [1.82, 2.24) is 4.98 Å². The van der Waals surface area contributed by atoms with Crippen molar-refractivity contribution in [2.24, 2.45) is 10.8 Å². The second-order valence-electron chi connectivity index (χ2n) is 12.3. The molecule has 1 N–H and O–H groups in total. The lowest BCUT2D eigenvalue weighted by Gasteiger charge is -2.22. The summed E-state index contributed by atoms with van der Waals surface area (Å²) in [6, 6.07) is 7.06. The molecule has 228 valence electrons. The van der Waals surface area contributed by atoms with Crippen molar-refractivity contribution in [2.75, 3.05) is 19.9 Å². The van der Waals surface area contributed by atoms with Crippen LogP contribution in [0.15, 0.2) is 24.3 Å². The SMILES string of the molecule is Cc1cc(OCP(=O)(OCOC(=O)C(C)(C)C)OCOC(=O)C(C)(C)C)cc(C)c1Cc1ccc(O)c(C(C)C)n1. The first kappa shape index (κ1) is 34.3. The summed E-state index contributed by atoms with van der Waals surface area (Å²) >= 11 is 0. The number of hydrogen-bond donors (Lipinski definition) is 1. The average Bonchev–Trinajstić information content (AvgIpc) is 2.84. The number of nitrogens with zero attached hydrogens (tertiary/aromatic N) is 1. The molecule has 1 heterocycles. The Kier molecular flexibility index (Phi) is 11.5. The third kappa shape index (κ3) is 10.4. The highest BCUT2D eigenvalue weighted by Gasteiger charge is 2.31. The second-order valence-corrected chi connectivity index (χ2v) is 14.3. The van der Waals surface area contributed by atoms with E-state index in [0.717, 1.165) is 22.4 Å². The van der Waals surface area contributed by atoms with Crippen LogP contribution in [0.4, 0.5) is 0 Å². The lowest BCUT2D eigenvalue weighted by molar-refractivity contribution is -0.162.